The van der Waals surface area contributed by atoms with Gasteiger partial charge in [0.15, 0.2) is 0 Å². The van der Waals surface area contributed by atoms with E-state index in [9.17, 15) is 0 Å². The topological polar surface area (TPSA) is 25.2 Å². The van der Waals surface area contributed by atoms with Crippen LogP contribution in [0.25, 0.3) is 44.2 Å². The van der Waals surface area contributed by atoms with Crippen LogP contribution in [-0.4, -0.2) is 0 Å². The van der Waals surface area contributed by atoms with E-state index in [1.807, 2.05) is 12.1 Å². The zero-order valence-electron chi connectivity index (χ0n) is 26.1. The minimum Gasteiger partial charge on any atom is -0.456 e. The fourth-order valence-electron chi connectivity index (χ4n) is 8.05. The van der Waals surface area contributed by atoms with Crippen LogP contribution in [-0.2, 0) is 5.41 Å². The molecule has 7 aromatic rings. The summed E-state index contributed by atoms with van der Waals surface area (Å²) in [6, 6.07) is 45.0. The number of para-hydroxylation sites is 1. The number of rotatable bonds is 4. The molecule has 0 aliphatic heterocycles. The van der Waals surface area contributed by atoms with Gasteiger partial charge in [0.05, 0.1) is 5.41 Å². The van der Waals surface area contributed by atoms with E-state index < -0.39 is 0 Å². The second-order valence-electron chi connectivity index (χ2n) is 13.4. The number of nitrogens with one attached hydrogen (secondary N) is 1. The molecule has 1 N–H and O–H groups in total. The van der Waals surface area contributed by atoms with Crippen LogP contribution >= 0.6 is 0 Å². The average Bonchev–Trinajstić information content (AvgIpc) is 3.68. The van der Waals surface area contributed by atoms with Gasteiger partial charge >= 0.3 is 0 Å². The molecule has 0 saturated carbocycles. The Balaban J connectivity index is 1.30. The quantitative estimate of drug-likeness (QED) is 0.224. The van der Waals surface area contributed by atoms with Crippen LogP contribution in [0.2, 0.25) is 0 Å². The Kier molecular flexibility index (Phi) is 5.54. The van der Waals surface area contributed by atoms with E-state index in [0.717, 1.165) is 33.3 Å². The maximum Gasteiger partial charge on any atom is 0.137 e. The van der Waals surface area contributed by atoms with E-state index in [-0.39, 0.29) is 5.41 Å². The first kappa shape index (κ1) is 26.3. The average molecular weight is 582 g/mol. The monoisotopic (exact) mass is 581 g/mol. The summed E-state index contributed by atoms with van der Waals surface area (Å²) in [7, 11) is 0. The molecule has 6 aromatic carbocycles. The highest BCUT2D eigenvalue weighted by molar-refractivity contribution is 6.06. The lowest BCUT2D eigenvalue weighted by atomic mass is 9.69. The Bertz CT molecular complexity index is 2260. The third kappa shape index (κ3) is 3.57. The van der Waals surface area contributed by atoms with Gasteiger partial charge in [-0.2, -0.15) is 0 Å². The molecule has 218 valence electrons. The van der Waals surface area contributed by atoms with Gasteiger partial charge in [-0.15, -0.1) is 0 Å². The molecular formula is C43H35NO. The summed E-state index contributed by atoms with van der Waals surface area (Å²) in [6.45, 7) is 9.19. The summed E-state index contributed by atoms with van der Waals surface area (Å²) in [5.74, 6) is 0.888. The van der Waals surface area contributed by atoms with Crippen LogP contribution in [0, 0.1) is 0 Å². The lowest BCUT2D eigenvalue weighted by Crippen LogP contribution is -2.26. The summed E-state index contributed by atoms with van der Waals surface area (Å²) in [6.07, 6.45) is 0. The Labute approximate surface area is 264 Å². The lowest BCUT2D eigenvalue weighted by molar-refractivity contribution is 0.669. The van der Waals surface area contributed by atoms with Crippen LogP contribution in [0.5, 0.6) is 0 Å². The van der Waals surface area contributed by atoms with E-state index in [1.54, 1.807) is 0 Å². The maximum absolute atomic E-state index is 6.25. The van der Waals surface area contributed by atoms with Crippen molar-refractivity contribution in [3.63, 3.8) is 0 Å². The molecule has 1 heterocycles. The molecule has 45 heavy (non-hydrogen) atoms. The number of furan rings is 1. The van der Waals surface area contributed by atoms with Gasteiger partial charge in [-0.3, -0.25) is 0 Å². The highest BCUT2D eigenvalue weighted by Gasteiger charge is 2.52. The Hall–Kier alpha value is -5.08. The van der Waals surface area contributed by atoms with Crippen LogP contribution in [0.15, 0.2) is 126 Å². The predicted octanol–water partition coefficient (Wildman–Crippen LogP) is 11.9. The van der Waals surface area contributed by atoms with Crippen molar-refractivity contribution in [2.24, 2.45) is 0 Å². The van der Waals surface area contributed by atoms with Gasteiger partial charge in [0.25, 0.3) is 0 Å². The molecule has 0 saturated heterocycles. The third-order valence-electron chi connectivity index (χ3n) is 10.2. The molecule has 0 amide bonds. The van der Waals surface area contributed by atoms with E-state index >= 15 is 0 Å². The van der Waals surface area contributed by atoms with Crippen LogP contribution in [0.4, 0.5) is 11.4 Å². The van der Waals surface area contributed by atoms with Crippen molar-refractivity contribution < 1.29 is 4.42 Å². The number of hydrogen-bond donors (Lipinski definition) is 1. The van der Waals surface area contributed by atoms with Gasteiger partial charge in [0.2, 0.25) is 0 Å². The van der Waals surface area contributed by atoms with Crippen LogP contribution in [0.1, 0.15) is 72.9 Å². The molecule has 2 heteroatoms. The summed E-state index contributed by atoms with van der Waals surface area (Å²) >= 11 is 0. The SMILES string of the molecule is CC(C)c1ccc2c(c1)C1(c3cc(C(C)C)ccc3-2)c2ccccc2-c2c(Nc3ccc4c(c3)oc3ccccc34)cccc21. The Morgan fingerprint density at radius 1 is 0.511 bits per heavy atom. The zero-order valence-corrected chi connectivity index (χ0v) is 26.1. The molecule has 1 spiro atoms. The normalized spacial score (nSPS) is 13.9. The van der Waals surface area contributed by atoms with Crippen molar-refractivity contribution >= 4 is 33.3 Å². The second-order valence-corrected chi connectivity index (χ2v) is 13.4. The first-order chi connectivity index (χ1) is 21.9. The standard InChI is InChI=1S/C43H35NO/c1-25(2)27-16-19-30-31-20-17-28(26(3)4)23-38(31)43(37(30)22-27)35-12-7-5-11-34(35)42-36(43)13-9-14-39(42)44-29-18-21-33-32-10-6-8-15-40(32)45-41(33)24-29/h5-26,44H,1-4H3. The first-order valence-corrected chi connectivity index (χ1v) is 16.2. The molecule has 2 aliphatic carbocycles. The van der Waals surface area contributed by atoms with Gasteiger partial charge in [-0.05, 0) is 86.2 Å². The second kappa shape index (κ2) is 9.46. The van der Waals surface area contributed by atoms with Crippen molar-refractivity contribution in [1.82, 2.24) is 0 Å². The fraction of sp³-hybridized carbons (Fsp3) is 0.163. The smallest absolute Gasteiger partial charge is 0.137 e. The molecular weight excluding hydrogens is 546 g/mol. The van der Waals surface area contributed by atoms with Gasteiger partial charge in [0.1, 0.15) is 11.2 Å². The van der Waals surface area contributed by atoms with Gasteiger partial charge < -0.3 is 9.73 Å². The van der Waals surface area contributed by atoms with Crippen molar-refractivity contribution in [3.05, 3.63) is 155 Å². The van der Waals surface area contributed by atoms with Crippen molar-refractivity contribution in [1.29, 1.82) is 0 Å². The molecule has 1 aromatic heterocycles. The molecule has 0 fully saturated rings. The molecule has 0 unspecified atom stereocenters. The number of benzene rings is 6. The number of anilines is 2. The van der Waals surface area contributed by atoms with E-state index in [4.69, 9.17) is 4.42 Å². The summed E-state index contributed by atoms with van der Waals surface area (Å²) in [5.41, 5.74) is 17.1. The van der Waals surface area contributed by atoms with Crippen molar-refractivity contribution in [2.75, 3.05) is 5.32 Å². The van der Waals surface area contributed by atoms with E-state index in [0.29, 0.717) is 11.8 Å². The predicted molar refractivity (Wildman–Crippen MR) is 188 cm³/mol. The Morgan fingerprint density at radius 3 is 1.89 bits per heavy atom. The minimum absolute atomic E-state index is 0.382. The third-order valence-corrected chi connectivity index (χ3v) is 10.2. The van der Waals surface area contributed by atoms with Crippen molar-refractivity contribution in [3.8, 4) is 22.3 Å². The highest BCUT2D eigenvalue weighted by atomic mass is 16.3. The van der Waals surface area contributed by atoms with Gasteiger partial charge in [0, 0.05) is 33.8 Å². The molecule has 0 radical (unpaired) electrons. The highest BCUT2D eigenvalue weighted by Crippen LogP contribution is 2.64. The largest absolute Gasteiger partial charge is 0.456 e. The van der Waals surface area contributed by atoms with Crippen LogP contribution in [0.3, 0.4) is 0 Å². The van der Waals surface area contributed by atoms with Crippen molar-refractivity contribution in [2.45, 2.75) is 44.9 Å². The molecule has 0 atom stereocenters. The molecule has 0 bridgehead atoms. The number of fused-ring (bicyclic) bond motifs is 13. The zero-order chi connectivity index (χ0) is 30.4. The van der Waals surface area contributed by atoms with Gasteiger partial charge in [-0.25, -0.2) is 0 Å². The maximum atomic E-state index is 6.25. The molecule has 2 nitrogen and oxygen atoms in total. The molecule has 2 aliphatic rings. The summed E-state index contributed by atoms with van der Waals surface area (Å²) < 4.78 is 6.25. The number of hydrogen-bond acceptors (Lipinski definition) is 2. The van der Waals surface area contributed by atoms with E-state index in [2.05, 4.69) is 142 Å². The Morgan fingerprint density at radius 2 is 1.16 bits per heavy atom. The van der Waals surface area contributed by atoms with Crippen LogP contribution < -0.4 is 5.32 Å². The van der Waals surface area contributed by atoms with E-state index in [1.165, 1.54) is 55.6 Å². The minimum atomic E-state index is -0.382. The van der Waals surface area contributed by atoms with Gasteiger partial charge in [-0.1, -0.05) is 119 Å². The lowest BCUT2D eigenvalue weighted by Gasteiger charge is -2.31. The first-order valence-electron chi connectivity index (χ1n) is 16.2. The summed E-state index contributed by atoms with van der Waals surface area (Å²) in [4.78, 5) is 0. The fourth-order valence-corrected chi connectivity index (χ4v) is 8.05. The molecule has 9 rings (SSSR count). The summed E-state index contributed by atoms with van der Waals surface area (Å²) in [5, 5.41) is 6.12.